The summed E-state index contributed by atoms with van der Waals surface area (Å²) in [5.41, 5.74) is 0.691. The molecule has 3 heteroatoms. The average molecular weight is 205 g/mol. The normalized spacial score (nSPS) is 19.8. The molecule has 3 nitrogen and oxygen atoms in total. The Hall–Kier alpha value is -1.51. The summed E-state index contributed by atoms with van der Waals surface area (Å²) in [5, 5.41) is 9.63. The van der Waals surface area contributed by atoms with Crippen LogP contribution in [-0.4, -0.2) is 23.7 Å². The van der Waals surface area contributed by atoms with Gasteiger partial charge in [0.2, 0.25) is 5.90 Å². The summed E-state index contributed by atoms with van der Waals surface area (Å²) in [7, 11) is 0. The molecule has 0 aliphatic carbocycles. The topological polar surface area (TPSA) is 41.8 Å². The molecule has 1 aliphatic rings. The van der Waals surface area contributed by atoms with Gasteiger partial charge in [-0.2, -0.15) is 0 Å². The fraction of sp³-hybridized carbons (Fsp3) is 0.417. The zero-order chi connectivity index (χ0) is 10.7. The number of phenols is 1. The molecule has 0 radical (unpaired) electrons. The fourth-order valence-corrected chi connectivity index (χ4v) is 1.70. The van der Waals surface area contributed by atoms with Crippen LogP contribution in [0.1, 0.15) is 25.3 Å². The summed E-state index contributed by atoms with van der Waals surface area (Å²) in [5.74, 6) is 0.806. The van der Waals surface area contributed by atoms with Crippen molar-refractivity contribution in [2.75, 3.05) is 6.61 Å². The first-order chi connectivity index (χ1) is 7.31. The van der Waals surface area contributed by atoms with E-state index in [1.54, 1.807) is 12.1 Å². The second kappa shape index (κ2) is 4.34. The lowest BCUT2D eigenvalue weighted by Gasteiger charge is -2.02. The molecular weight excluding hydrogens is 190 g/mol. The highest BCUT2D eigenvalue weighted by atomic mass is 16.5. The van der Waals surface area contributed by atoms with E-state index in [1.807, 2.05) is 12.1 Å². The number of hydrogen-bond acceptors (Lipinski definition) is 3. The van der Waals surface area contributed by atoms with Crippen molar-refractivity contribution in [3.8, 4) is 5.75 Å². The summed E-state index contributed by atoms with van der Waals surface area (Å²) in [6, 6.07) is 7.38. The average Bonchev–Trinajstić information content (AvgIpc) is 2.68. The molecule has 1 atom stereocenters. The summed E-state index contributed by atoms with van der Waals surface area (Å²) < 4.78 is 5.48. The summed E-state index contributed by atoms with van der Waals surface area (Å²) in [6.07, 6.45) is 2.14. The number of para-hydroxylation sites is 1. The predicted molar refractivity (Wildman–Crippen MR) is 59.3 cm³/mol. The lowest BCUT2D eigenvalue weighted by Crippen LogP contribution is -2.05. The molecule has 0 bridgehead atoms. The number of hydrogen-bond donors (Lipinski definition) is 1. The summed E-state index contributed by atoms with van der Waals surface area (Å²) in [4.78, 5) is 4.44. The van der Waals surface area contributed by atoms with Crippen LogP contribution in [-0.2, 0) is 4.74 Å². The molecule has 80 valence electrons. The lowest BCUT2D eigenvalue weighted by molar-refractivity contribution is 0.310. The number of aromatic hydroxyl groups is 1. The van der Waals surface area contributed by atoms with Crippen LogP contribution in [0.2, 0.25) is 0 Å². The summed E-state index contributed by atoms with van der Waals surface area (Å²) >= 11 is 0. The third kappa shape index (κ3) is 2.12. The predicted octanol–water partition coefficient (Wildman–Crippen LogP) is 2.34. The Morgan fingerprint density at radius 1 is 1.47 bits per heavy atom. The molecule has 15 heavy (non-hydrogen) atoms. The molecule has 0 unspecified atom stereocenters. The van der Waals surface area contributed by atoms with E-state index in [2.05, 4.69) is 11.9 Å². The maximum atomic E-state index is 9.63. The van der Waals surface area contributed by atoms with Gasteiger partial charge in [0.25, 0.3) is 0 Å². The highest BCUT2D eigenvalue weighted by molar-refractivity contribution is 5.97. The van der Waals surface area contributed by atoms with Crippen molar-refractivity contribution in [3.05, 3.63) is 29.8 Å². The molecule has 0 fully saturated rings. The van der Waals surface area contributed by atoms with Crippen molar-refractivity contribution in [3.63, 3.8) is 0 Å². The van der Waals surface area contributed by atoms with Gasteiger partial charge >= 0.3 is 0 Å². The molecule has 0 amide bonds. The molecule has 2 rings (SSSR count). The molecule has 0 spiro atoms. The van der Waals surface area contributed by atoms with E-state index in [4.69, 9.17) is 4.74 Å². The van der Waals surface area contributed by atoms with Crippen LogP contribution >= 0.6 is 0 Å². The van der Waals surface area contributed by atoms with Gasteiger partial charge in [-0.3, -0.25) is 0 Å². The van der Waals surface area contributed by atoms with E-state index in [0.29, 0.717) is 18.1 Å². The summed E-state index contributed by atoms with van der Waals surface area (Å²) in [6.45, 7) is 2.77. The largest absolute Gasteiger partial charge is 0.507 e. The lowest BCUT2D eigenvalue weighted by atomic mass is 10.2. The van der Waals surface area contributed by atoms with E-state index in [1.165, 1.54) is 0 Å². The molecule has 1 aromatic rings. The monoisotopic (exact) mass is 205 g/mol. The second-order valence-electron chi connectivity index (χ2n) is 3.70. The Morgan fingerprint density at radius 3 is 3.00 bits per heavy atom. The molecule has 1 aromatic carbocycles. The van der Waals surface area contributed by atoms with Crippen LogP contribution in [0.25, 0.3) is 0 Å². The van der Waals surface area contributed by atoms with E-state index in [-0.39, 0.29) is 11.8 Å². The van der Waals surface area contributed by atoms with Crippen LogP contribution in [0, 0.1) is 0 Å². The molecule has 0 saturated carbocycles. The standard InChI is InChI=1S/C12H15NO2/c1-2-5-9-8-15-12(13-9)10-6-3-4-7-11(10)14/h3-4,6-7,9,14H,2,5,8H2,1H3/t9-/m0/s1. The van der Waals surface area contributed by atoms with Crippen LogP contribution in [0.5, 0.6) is 5.75 Å². The van der Waals surface area contributed by atoms with Crippen molar-refractivity contribution >= 4 is 5.90 Å². The Balaban J connectivity index is 2.19. The minimum absolute atomic E-state index is 0.230. The highest BCUT2D eigenvalue weighted by Gasteiger charge is 2.20. The van der Waals surface area contributed by atoms with Crippen molar-refractivity contribution < 1.29 is 9.84 Å². The number of nitrogens with zero attached hydrogens (tertiary/aromatic N) is 1. The molecule has 0 aromatic heterocycles. The number of phenolic OH excluding ortho intramolecular Hbond substituents is 1. The van der Waals surface area contributed by atoms with E-state index >= 15 is 0 Å². The van der Waals surface area contributed by atoms with Crippen LogP contribution in [0.3, 0.4) is 0 Å². The molecule has 1 N–H and O–H groups in total. The Morgan fingerprint density at radius 2 is 2.27 bits per heavy atom. The van der Waals surface area contributed by atoms with Gasteiger partial charge in [-0.15, -0.1) is 0 Å². The number of rotatable bonds is 3. The quantitative estimate of drug-likeness (QED) is 0.822. The Kier molecular flexibility index (Phi) is 2.90. The maximum Gasteiger partial charge on any atom is 0.220 e. The van der Waals surface area contributed by atoms with Crippen LogP contribution in [0.4, 0.5) is 0 Å². The zero-order valence-corrected chi connectivity index (χ0v) is 8.81. The van der Waals surface area contributed by atoms with Crippen LogP contribution < -0.4 is 0 Å². The number of ether oxygens (including phenoxy) is 1. The highest BCUT2D eigenvalue weighted by Crippen LogP contribution is 2.21. The first kappa shape index (κ1) is 10.0. The van der Waals surface area contributed by atoms with Crippen molar-refractivity contribution in [1.29, 1.82) is 0 Å². The van der Waals surface area contributed by atoms with Crippen molar-refractivity contribution in [2.24, 2.45) is 4.99 Å². The number of aliphatic imine (C=N–C) groups is 1. The van der Waals surface area contributed by atoms with Gasteiger partial charge in [0.15, 0.2) is 0 Å². The molecule has 1 heterocycles. The molecular formula is C12H15NO2. The first-order valence-electron chi connectivity index (χ1n) is 5.30. The van der Waals surface area contributed by atoms with Gasteiger partial charge in [-0.05, 0) is 18.6 Å². The fourth-order valence-electron chi connectivity index (χ4n) is 1.70. The smallest absolute Gasteiger partial charge is 0.220 e. The minimum atomic E-state index is 0.230. The van der Waals surface area contributed by atoms with Crippen LogP contribution in [0.15, 0.2) is 29.3 Å². The van der Waals surface area contributed by atoms with E-state index in [0.717, 1.165) is 12.8 Å². The maximum absolute atomic E-state index is 9.63. The van der Waals surface area contributed by atoms with Gasteiger partial charge in [-0.25, -0.2) is 4.99 Å². The Labute approximate surface area is 89.4 Å². The van der Waals surface area contributed by atoms with E-state index < -0.39 is 0 Å². The van der Waals surface area contributed by atoms with Gasteiger partial charge in [0, 0.05) is 0 Å². The molecule has 1 aliphatic heterocycles. The Bertz CT molecular complexity index is 374. The first-order valence-corrected chi connectivity index (χ1v) is 5.30. The molecule has 0 saturated heterocycles. The van der Waals surface area contributed by atoms with E-state index in [9.17, 15) is 5.11 Å². The third-order valence-corrected chi connectivity index (χ3v) is 2.47. The SMILES string of the molecule is CCC[C@H]1COC(c2ccccc2O)=N1. The van der Waals surface area contributed by atoms with Gasteiger partial charge in [0.05, 0.1) is 11.6 Å². The van der Waals surface area contributed by atoms with Crippen molar-refractivity contribution in [1.82, 2.24) is 0 Å². The minimum Gasteiger partial charge on any atom is -0.507 e. The zero-order valence-electron chi connectivity index (χ0n) is 8.81. The van der Waals surface area contributed by atoms with Gasteiger partial charge in [-0.1, -0.05) is 25.5 Å². The van der Waals surface area contributed by atoms with Gasteiger partial charge in [0.1, 0.15) is 12.4 Å². The second-order valence-corrected chi connectivity index (χ2v) is 3.70. The number of benzene rings is 1. The third-order valence-electron chi connectivity index (χ3n) is 2.47. The van der Waals surface area contributed by atoms with Crippen molar-refractivity contribution in [2.45, 2.75) is 25.8 Å². The van der Waals surface area contributed by atoms with Gasteiger partial charge < -0.3 is 9.84 Å².